The molecule has 0 spiro atoms. The number of carbonyl (C=O) groups is 1. The quantitative estimate of drug-likeness (QED) is 0.506. The average molecular weight is 403 g/mol. The fraction of sp³-hybridized carbons (Fsp3) is 0.300. The molecule has 0 aliphatic rings. The third kappa shape index (κ3) is 6.35. The van der Waals surface area contributed by atoms with Gasteiger partial charge in [0.1, 0.15) is 5.75 Å². The number of hydrogen-bond acceptors (Lipinski definition) is 3. The Kier molecular flexibility index (Phi) is 7.67. The number of hydrogen-bond donors (Lipinski definition) is 1. The van der Waals surface area contributed by atoms with Gasteiger partial charge in [0.15, 0.2) is 6.61 Å². The second kappa shape index (κ2) is 9.99. The van der Waals surface area contributed by atoms with Crippen LogP contribution in [0.1, 0.15) is 37.3 Å². The predicted octanol–water partition coefficient (Wildman–Crippen LogP) is 4.85. The summed E-state index contributed by atoms with van der Waals surface area (Å²) in [5.41, 5.74) is 5.63. The zero-order valence-electron chi connectivity index (χ0n) is 14.6. The molecule has 132 valence electrons. The number of nitrogens with zero attached hydrogens (tertiary/aromatic N) is 1. The van der Waals surface area contributed by atoms with Crippen molar-refractivity contribution in [1.82, 2.24) is 5.43 Å². The highest BCUT2D eigenvalue weighted by Gasteiger charge is 2.07. The van der Waals surface area contributed by atoms with Crippen LogP contribution in [0.4, 0.5) is 0 Å². The number of rotatable bonds is 8. The van der Waals surface area contributed by atoms with E-state index in [-0.39, 0.29) is 12.5 Å². The molecule has 0 bridgehead atoms. The summed E-state index contributed by atoms with van der Waals surface area (Å²) in [6, 6.07) is 15.6. The molecule has 0 atom stereocenters. The van der Waals surface area contributed by atoms with E-state index in [1.165, 1.54) is 0 Å². The molecule has 0 aliphatic carbocycles. The summed E-state index contributed by atoms with van der Waals surface area (Å²) in [5, 5.41) is 4.31. The molecule has 0 radical (unpaired) electrons. The number of halogens is 1. The Hall–Kier alpha value is -2.14. The second-order valence-electron chi connectivity index (χ2n) is 5.79. The van der Waals surface area contributed by atoms with Crippen LogP contribution in [0.15, 0.2) is 58.1 Å². The van der Waals surface area contributed by atoms with Gasteiger partial charge < -0.3 is 4.74 Å². The Balaban J connectivity index is 1.96. The van der Waals surface area contributed by atoms with Gasteiger partial charge in [0.25, 0.3) is 5.91 Å². The minimum atomic E-state index is -0.280. The minimum Gasteiger partial charge on any atom is -0.483 e. The monoisotopic (exact) mass is 402 g/mol. The highest BCUT2D eigenvalue weighted by atomic mass is 79.9. The lowest BCUT2D eigenvalue weighted by atomic mass is 10.1. The number of benzene rings is 2. The molecular weight excluding hydrogens is 380 g/mol. The number of ether oxygens (including phenoxy) is 1. The summed E-state index contributed by atoms with van der Waals surface area (Å²) in [4.78, 5) is 12.0. The fourth-order valence-electron chi connectivity index (χ4n) is 2.27. The summed E-state index contributed by atoms with van der Waals surface area (Å²) in [6.45, 7) is 4.05. The van der Waals surface area contributed by atoms with Gasteiger partial charge in [-0.3, -0.25) is 4.79 Å². The largest absolute Gasteiger partial charge is 0.483 e. The summed E-state index contributed by atoms with van der Waals surface area (Å²) in [7, 11) is 0. The van der Waals surface area contributed by atoms with Crippen molar-refractivity contribution >= 4 is 27.5 Å². The van der Waals surface area contributed by atoms with Crippen LogP contribution >= 0.6 is 15.9 Å². The molecule has 1 amide bonds. The molecule has 0 saturated carbocycles. The Labute approximate surface area is 157 Å². The van der Waals surface area contributed by atoms with Crippen LogP contribution in [-0.4, -0.2) is 18.2 Å². The van der Waals surface area contributed by atoms with E-state index >= 15 is 0 Å². The van der Waals surface area contributed by atoms with E-state index in [0.717, 1.165) is 40.6 Å². The first-order valence-corrected chi connectivity index (χ1v) is 9.19. The number of nitrogens with one attached hydrogen (secondary N) is 1. The Morgan fingerprint density at radius 3 is 2.64 bits per heavy atom. The summed E-state index contributed by atoms with van der Waals surface area (Å²) >= 11 is 3.43. The van der Waals surface area contributed by atoms with Crippen LogP contribution < -0.4 is 10.2 Å². The van der Waals surface area contributed by atoms with E-state index < -0.39 is 0 Å². The van der Waals surface area contributed by atoms with Gasteiger partial charge in [0, 0.05) is 0 Å². The van der Waals surface area contributed by atoms with Crippen molar-refractivity contribution in [3.63, 3.8) is 0 Å². The zero-order valence-corrected chi connectivity index (χ0v) is 16.2. The number of amides is 1. The first kappa shape index (κ1) is 19.2. The molecule has 25 heavy (non-hydrogen) atoms. The molecule has 0 unspecified atom stereocenters. The molecule has 4 nitrogen and oxygen atoms in total. The van der Waals surface area contributed by atoms with Crippen molar-refractivity contribution < 1.29 is 9.53 Å². The highest BCUT2D eigenvalue weighted by molar-refractivity contribution is 9.10. The molecule has 5 heteroatoms. The Morgan fingerprint density at radius 2 is 1.96 bits per heavy atom. The fourth-order valence-corrected chi connectivity index (χ4v) is 2.88. The third-order valence-electron chi connectivity index (χ3n) is 3.64. The van der Waals surface area contributed by atoms with Gasteiger partial charge in [-0.25, -0.2) is 5.43 Å². The Morgan fingerprint density at radius 1 is 1.20 bits per heavy atom. The average Bonchev–Trinajstić information content (AvgIpc) is 2.62. The second-order valence-corrected chi connectivity index (χ2v) is 6.64. The van der Waals surface area contributed by atoms with Crippen molar-refractivity contribution in [1.29, 1.82) is 0 Å². The normalized spacial score (nSPS) is 11.2. The molecule has 0 aliphatic heterocycles. The summed E-state index contributed by atoms with van der Waals surface area (Å²) in [6.07, 6.45) is 2.92. The summed E-state index contributed by atoms with van der Waals surface area (Å²) < 4.78 is 6.37. The standard InChI is InChI=1S/C20H23BrN2O2/c1-3-4-10-18(16-8-6-5-7-9-16)22-23-20(24)14-25-19-12-11-15(2)13-17(19)21/h5-9,11-13H,3-4,10,14H2,1-2H3,(H,23,24)/b22-18+. The van der Waals surface area contributed by atoms with Crippen molar-refractivity contribution in [2.75, 3.05) is 6.61 Å². The van der Waals surface area contributed by atoms with Crippen LogP contribution in [0.5, 0.6) is 5.75 Å². The van der Waals surface area contributed by atoms with Crippen molar-refractivity contribution in [3.8, 4) is 5.75 Å². The highest BCUT2D eigenvalue weighted by Crippen LogP contribution is 2.25. The van der Waals surface area contributed by atoms with Crippen LogP contribution in [0, 0.1) is 6.92 Å². The van der Waals surface area contributed by atoms with Crippen LogP contribution in [-0.2, 0) is 4.79 Å². The van der Waals surface area contributed by atoms with E-state index in [4.69, 9.17) is 4.74 Å². The van der Waals surface area contributed by atoms with E-state index in [1.807, 2.05) is 55.5 Å². The molecule has 0 fully saturated rings. The number of hydrazone groups is 1. The van der Waals surface area contributed by atoms with E-state index in [1.54, 1.807) is 0 Å². The van der Waals surface area contributed by atoms with Gasteiger partial charge >= 0.3 is 0 Å². The van der Waals surface area contributed by atoms with Gasteiger partial charge in [-0.1, -0.05) is 49.7 Å². The Bertz CT molecular complexity index is 730. The first-order valence-electron chi connectivity index (χ1n) is 8.40. The van der Waals surface area contributed by atoms with Gasteiger partial charge in [0.05, 0.1) is 10.2 Å². The number of carbonyl (C=O) groups excluding carboxylic acids is 1. The van der Waals surface area contributed by atoms with Crippen LogP contribution in [0.2, 0.25) is 0 Å². The van der Waals surface area contributed by atoms with Gasteiger partial charge in [-0.15, -0.1) is 0 Å². The van der Waals surface area contributed by atoms with Crippen molar-refractivity contribution in [2.45, 2.75) is 33.1 Å². The molecule has 2 aromatic rings. The van der Waals surface area contributed by atoms with Crippen molar-refractivity contribution in [2.24, 2.45) is 5.10 Å². The SMILES string of the molecule is CCCC/C(=N\NC(=O)COc1ccc(C)cc1Br)c1ccccc1. The lowest BCUT2D eigenvalue weighted by Crippen LogP contribution is -2.26. The van der Waals surface area contributed by atoms with Crippen molar-refractivity contribution in [3.05, 3.63) is 64.1 Å². The molecule has 2 rings (SSSR count). The van der Waals surface area contributed by atoms with Gasteiger partial charge in [-0.05, 0) is 59.0 Å². The molecule has 0 heterocycles. The molecule has 0 aromatic heterocycles. The van der Waals surface area contributed by atoms with Gasteiger partial charge in [0.2, 0.25) is 0 Å². The topological polar surface area (TPSA) is 50.7 Å². The third-order valence-corrected chi connectivity index (χ3v) is 4.26. The zero-order chi connectivity index (χ0) is 18.1. The summed E-state index contributed by atoms with van der Waals surface area (Å²) in [5.74, 6) is 0.358. The van der Waals surface area contributed by atoms with Crippen LogP contribution in [0.3, 0.4) is 0 Å². The minimum absolute atomic E-state index is 0.0823. The maximum Gasteiger partial charge on any atom is 0.277 e. The molecule has 2 aromatic carbocycles. The van der Waals surface area contributed by atoms with E-state index in [0.29, 0.717) is 5.75 Å². The van der Waals surface area contributed by atoms with E-state index in [9.17, 15) is 4.79 Å². The molecule has 1 N–H and O–H groups in total. The molecular formula is C20H23BrN2O2. The predicted molar refractivity (Wildman–Crippen MR) is 105 cm³/mol. The smallest absolute Gasteiger partial charge is 0.277 e. The van der Waals surface area contributed by atoms with Crippen LogP contribution in [0.25, 0.3) is 0 Å². The van der Waals surface area contributed by atoms with E-state index in [2.05, 4.69) is 33.4 Å². The maximum absolute atomic E-state index is 12.0. The molecule has 0 saturated heterocycles. The number of unbranched alkanes of at least 4 members (excludes halogenated alkanes) is 1. The van der Waals surface area contributed by atoms with Gasteiger partial charge in [-0.2, -0.15) is 5.10 Å². The maximum atomic E-state index is 12.0. The number of aryl methyl sites for hydroxylation is 1. The lowest BCUT2D eigenvalue weighted by Gasteiger charge is -2.09. The first-order chi connectivity index (χ1) is 12.1. The lowest BCUT2D eigenvalue weighted by molar-refractivity contribution is -0.123.